The Labute approximate surface area is 231 Å². The van der Waals surface area contributed by atoms with E-state index in [0.717, 1.165) is 26.9 Å². The number of fused-ring (bicyclic) bond motifs is 2. The molecule has 1 amide bonds. The molecule has 9 heteroatoms. The van der Waals surface area contributed by atoms with Crippen molar-refractivity contribution in [3.05, 3.63) is 113 Å². The maximum absolute atomic E-state index is 13.8. The van der Waals surface area contributed by atoms with Gasteiger partial charge in [0.1, 0.15) is 5.76 Å². The zero-order chi connectivity index (χ0) is 27.1. The fourth-order valence-electron chi connectivity index (χ4n) is 4.82. The maximum Gasteiger partial charge on any atom is 0.260 e. The number of furan rings is 1. The van der Waals surface area contributed by atoms with E-state index in [4.69, 9.17) is 9.40 Å². The molecule has 0 radical (unpaired) electrons. The summed E-state index contributed by atoms with van der Waals surface area (Å²) in [4.78, 5) is 20.3. The topological polar surface area (TPSA) is 83.7 Å². The van der Waals surface area contributed by atoms with Crippen molar-refractivity contribution in [1.29, 1.82) is 0 Å². The van der Waals surface area contributed by atoms with Gasteiger partial charge < -0.3 is 4.42 Å². The lowest BCUT2D eigenvalue weighted by Gasteiger charge is -2.28. The van der Waals surface area contributed by atoms with Gasteiger partial charge in [0.2, 0.25) is 10.0 Å². The molecule has 3 aromatic carbocycles. The first-order chi connectivity index (χ1) is 18.8. The molecule has 0 N–H and O–H groups in total. The molecule has 0 saturated heterocycles. The Morgan fingerprint density at radius 2 is 1.74 bits per heavy atom. The lowest BCUT2D eigenvalue weighted by molar-refractivity contribution is 0.0983. The van der Waals surface area contributed by atoms with Gasteiger partial charge >= 0.3 is 0 Å². The number of carbonyl (C=O) groups excluding carboxylic acids is 1. The highest BCUT2D eigenvalue weighted by atomic mass is 32.2. The minimum atomic E-state index is -3.70. The summed E-state index contributed by atoms with van der Waals surface area (Å²) in [6.07, 6.45) is 2.25. The molecule has 7 nitrogen and oxygen atoms in total. The summed E-state index contributed by atoms with van der Waals surface area (Å²) in [5.74, 6) is 0.342. The lowest BCUT2D eigenvalue weighted by atomic mass is 10.0. The number of thiazole rings is 1. The van der Waals surface area contributed by atoms with Gasteiger partial charge in [-0.1, -0.05) is 35.6 Å². The summed E-state index contributed by atoms with van der Waals surface area (Å²) in [5.41, 5.74) is 5.71. The molecule has 0 atom stereocenters. The van der Waals surface area contributed by atoms with Crippen molar-refractivity contribution in [2.24, 2.45) is 0 Å². The maximum atomic E-state index is 13.8. The van der Waals surface area contributed by atoms with Gasteiger partial charge in [-0.2, -0.15) is 4.31 Å². The van der Waals surface area contributed by atoms with Gasteiger partial charge in [-0.25, -0.2) is 13.4 Å². The fourth-order valence-corrected chi connectivity index (χ4v) is 7.28. The second kappa shape index (κ2) is 10.1. The lowest BCUT2D eigenvalue weighted by Crippen LogP contribution is -2.36. The Hall–Kier alpha value is -3.79. The van der Waals surface area contributed by atoms with Crippen LogP contribution in [0.5, 0.6) is 0 Å². The van der Waals surface area contributed by atoms with Crippen LogP contribution >= 0.6 is 11.3 Å². The third-order valence-electron chi connectivity index (χ3n) is 7.20. The third-order valence-corrected chi connectivity index (χ3v) is 10.1. The van der Waals surface area contributed by atoms with Crippen LogP contribution in [0, 0.1) is 13.8 Å². The first kappa shape index (κ1) is 25.5. The SMILES string of the molecule is Cc1cc2nc(N(Cc3ccco3)C(=O)c3ccc(S(=O)(=O)N4CCc5ccccc5C4)cc3)sc2cc1C. The van der Waals surface area contributed by atoms with E-state index in [2.05, 4.69) is 13.0 Å². The van der Waals surface area contributed by atoms with E-state index >= 15 is 0 Å². The van der Waals surface area contributed by atoms with Crippen LogP contribution in [-0.2, 0) is 29.5 Å². The molecule has 39 heavy (non-hydrogen) atoms. The van der Waals surface area contributed by atoms with Crippen LogP contribution in [0.2, 0.25) is 0 Å². The van der Waals surface area contributed by atoms with E-state index < -0.39 is 10.0 Å². The van der Waals surface area contributed by atoms with Gasteiger partial charge in [0, 0.05) is 18.7 Å². The van der Waals surface area contributed by atoms with Gasteiger partial charge in [0.25, 0.3) is 5.91 Å². The fraction of sp³-hybridized carbons (Fsp3) is 0.200. The van der Waals surface area contributed by atoms with Gasteiger partial charge in [0.15, 0.2) is 5.13 Å². The number of rotatable bonds is 6. The highest BCUT2D eigenvalue weighted by Gasteiger charge is 2.29. The molecule has 2 aromatic heterocycles. The van der Waals surface area contributed by atoms with Crippen molar-refractivity contribution >= 4 is 42.6 Å². The highest BCUT2D eigenvalue weighted by Crippen LogP contribution is 2.33. The second-order valence-electron chi connectivity index (χ2n) is 9.75. The number of nitrogens with zero attached hydrogens (tertiary/aromatic N) is 3. The van der Waals surface area contributed by atoms with Crippen LogP contribution in [0.4, 0.5) is 5.13 Å². The van der Waals surface area contributed by atoms with E-state index in [9.17, 15) is 13.2 Å². The molecular formula is C30H27N3O4S2. The zero-order valence-corrected chi connectivity index (χ0v) is 23.3. The Balaban J connectivity index is 1.29. The quantitative estimate of drug-likeness (QED) is 0.252. The van der Waals surface area contributed by atoms with Gasteiger partial charge in [-0.05, 0) is 91.1 Å². The molecular weight excluding hydrogens is 530 g/mol. The van der Waals surface area contributed by atoms with Gasteiger partial charge in [-0.15, -0.1) is 0 Å². The van der Waals surface area contributed by atoms with E-state index in [-0.39, 0.29) is 17.3 Å². The minimum absolute atomic E-state index is 0.168. The van der Waals surface area contributed by atoms with E-state index in [0.29, 0.717) is 36.0 Å². The summed E-state index contributed by atoms with van der Waals surface area (Å²) in [6, 6.07) is 21.8. The van der Waals surface area contributed by atoms with Crippen molar-refractivity contribution in [3.8, 4) is 0 Å². The van der Waals surface area contributed by atoms with E-state index in [1.165, 1.54) is 33.3 Å². The number of hydrogen-bond acceptors (Lipinski definition) is 6. The number of hydrogen-bond donors (Lipinski definition) is 0. The first-order valence-corrected chi connectivity index (χ1v) is 14.9. The number of anilines is 1. The highest BCUT2D eigenvalue weighted by molar-refractivity contribution is 7.89. The number of aromatic nitrogens is 1. The van der Waals surface area contributed by atoms with Crippen LogP contribution in [-0.4, -0.2) is 30.2 Å². The molecule has 198 valence electrons. The number of sulfonamides is 1. The van der Waals surface area contributed by atoms with Crippen LogP contribution in [0.15, 0.2) is 88.4 Å². The Kier molecular flexibility index (Phi) is 6.58. The molecule has 0 spiro atoms. The van der Waals surface area contributed by atoms with E-state index in [1.54, 1.807) is 29.4 Å². The number of amides is 1. The molecule has 0 unspecified atom stereocenters. The standard InChI is InChI=1S/C30H27N3O4S2/c1-20-16-27-28(17-21(20)2)38-30(31-27)33(19-25-8-5-15-37-25)29(34)23-9-11-26(12-10-23)39(35,36)32-14-13-22-6-3-4-7-24(22)18-32/h3-12,15-17H,13-14,18-19H2,1-2H3. The number of carbonyl (C=O) groups is 1. The number of aryl methyl sites for hydroxylation is 2. The summed E-state index contributed by atoms with van der Waals surface area (Å²) in [7, 11) is -3.70. The minimum Gasteiger partial charge on any atom is -0.467 e. The van der Waals surface area contributed by atoms with Crippen LogP contribution in [0.25, 0.3) is 10.2 Å². The van der Waals surface area contributed by atoms with Gasteiger partial charge in [0.05, 0.1) is 27.9 Å². The summed E-state index contributed by atoms with van der Waals surface area (Å²) in [6.45, 7) is 5.06. The molecule has 0 saturated carbocycles. The normalized spacial score (nSPS) is 13.9. The largest absolute Gasteiger partial charge is 0.467 e. The summed E-state index contributed by atoms with van der Waals surface area (Å²) < 4.78 is 34.9. The monoisotopic (exact) mass is 557 g/mol. The Bertz CT molecular complexity index is 1740. The molecule has 0 fully saturated rings. The van der Waals surface area contributed by atoms with Crippen molar-refractivity contribution in [1.82, 2.24) is 9.29 Å². The molecule has 1 aliphatic heterocycles. The smallest absolute Gasteiger partial charge is 0.260 e. The van der Waals surface area contributed by atoms with Crippen molar-refractivity contribution < 1.29 is 17.6 Å². The molecule has 5 aromatic rings. The molecule has 1 aliphatic rings. The van der Waals surface area contributed by atoms with Crippen LogP contribution < -0.4 is 4.90 Å². The zero-order valence-electron chi connectivity index (χ0n) is 21.6. The average molecular weight is 558 g/mol. The number of benzene rings is 3. The summed E-state index contributed by atoms with van der Waals surface area (Å²) >= 11 is 1.44. The van der Waals surface area contributed by atoms with Crippen molar-refractivity contribution in [3.63, 3.8) is 0 Å². The first-order valence-electron chi connectivity index (χ1n) is 12.7. The molecule has 0 bridgehead atoms. The predicted molar refractivity (Wildman–Crippen MR) is 152 cm³/mol. The van der Waals surface area contributed by atoms with Crippen molar-refractivity contribution in [2.75, 3.05) is 11.4 Å². The Morgan fingerprint density at radius 3 is 2.49 bits per heavy atom. The third kappa shape index (κ3) is 4.89. The average Bonchev–Trinajstić information content (AvgIpc) is 3.61. The predicted octanol–water partition coefficient (Wildman–Crippen LogP) is 6.10. The second-order valence-corrected chi connectivity index (χ2v) is 12.7. The molecule has 3 heterocycles. The van der Waals surface area contributed by atoms with Crippen LogP contribution in [0.1, 0.15) is 38.4 Å². The van der Waals surface area contributed by atoms with E-state index in [1.807, 2.05) is 43.3 Å². The summed E-state index contributed by atoms with van der Waals surface area (Å²) in [5, 5.41) is 0.556. The Morgan fingerprint density at radius 1 is 1.00 bits per heavy atom. The van der Waals surface area contributed by atoms with Gasteiger partial charge in [-0.3, -0.25) is 9.69 Å². The molecule has 6 rings (SSSR count). The van der Waals surface area contributed by atoms with Crippen molar-refractivity contribution in [2.45, 2.75) is 38.3 Å². The molecule has 0 aliphatic carbocycles. The van der Waals surface area contributed by atoms with Crippen LogP contribution in [0.3, 0.4) is 0 Å².